The van der Waals surface area contributed by atoms with Crippen molar-refractivity contribution in [2.45, 2.75) is 19.4 Å². The first-order valence-corrected chi connectivity index (χ1v) is 5.96. The number of aryl methyl sites for hydroxylation is 1. The summed E-state index contributed by atoms with van der Waals surface area (Å²) in [6, 6.07) is 5.37. The first-order chi connectivity index (χ1) is 9.40. The molecule has 0 heterocycles. The number of rotatable bonds is 3. The largest absolute Gasteiger partial charge is 0.388 e. The van der Waals surface area contributed by atoms with Gasteiger partial charge in [-0.2, -0.15) is 0 Å². The van der Waals surface area contributed by atoms with Crippen LogP contribution in [0.3, 0.4) is 0 Å². The van der Waals surface area contributed by atoms with E-state index in [1.54, 1.807) is 0 Å². The Bertz CT molecular complexity index is 640. The number of aliphatic hydroxyl groups is 1. The average molecular weight is 284 g/mol. The summed E-state index contributed by atoms with van der Waals surface area (Å²) in [6.07, 6.45) is -1.68. The van der Waals surface area contributed by atoms with E-state index in [4.69, 9.17) is 0 Å². The second kappa shape index (κ2) is 5.63. The van der Waals surface area contributed by atoms with Gasteiger partial charge in [0.1, 0.15) is 11.6 Å². The second-order valence-electron chi connectivity index (χ2n) is 4.56. The lowest BCUT2D eigenvalue weighted by atomic mass is 9.99. The molecule has 0 saturated heterocycles. The lowest BCUT2D eigenvalue weighted by Crippen LogP contribution is -2.07. The van der Waals surface area contributed by atoms with E-state index in [9.17, 15) is 22.7 Å². The standard InChI is InChI=1S/C15H12F4O/c1-8-5-10(13(18)7-12(8)17)14(20)6-9-3-2-4-11(16)15(9)19/h2-5,7,14,20H,6H2,1H3. The van der Waals surface area contributed by atoms with Gasteiger partial charge in [0.25, 0.3) is 0 Å². The van der Waals surface area contributed by atoms with E-state index in [0.717, 1.165) is 12.1 Å². The predicted octanol–water partition coefficient (Wildman–Crippen LogP) is 3.83. The van der Waals surface area contributed by atoms with Crippen LogP contribution in [-0.4, -0.2) is 5.11 Å². The summed E-state index contributed by atoms with van der Waals surface area (Å²) in [7, 11) is 0. The monoisotopic (exact) mass is 284 g/mol. The van der Waals surface area contributed by atoms with Crippen LogP contribution in [0, 0.1) is 30.2 Å². The van der Waals surface area contributed by atoms with Gasteiger partial charge in [0.05, 0.1) is 6.10 Å². The van der Waals surface area contributed by atoms with Crippen molar-refractivity contribution in [3.05, 3.63) is 70.3 Å². The summed E-state index contributed by atoms with van der Waals surface area (Å²) in [5.74, 6) is -3.76. The number of aliphatic hydroxyl groups excluding tert-OH is 1. The van der Waals surface area contributed by atoms with Crippen molar-refractivity contribution in [2.75, 3.05) is 0 Å². The molecule has 0 radical (unpaired) electrons. The zero-order valence-electron chi connectivity index (χ0n) is 10.6. The van der Waals surface area contributed by atoms with Gasteiger partial charge >= 0.3 is 0 Å². The van der Waals surface area contributed by atoms with Gasteiger partial charge in [-0.15, -0.1) is 0 Å². The number of hydrogen-bond donors (Lipinski definition) is 1. The van der Waals surface area contributed by atoms with Crippen LogP contribution in [-0.2, 0) is 6.42 Å². The highest BCUT2D eigenvalue weighted by Crippen LogP contribution is 2.25. The fraction of sp³-hybridized carbons (Fsp3) is 0.200. The van der Waals surface area contributed by atoms with Crippen LogP contribution in [0.5, 0.6) is 0 Å². The van der Waals surface area contributed by atoms with Crippen molar-refractivity contribution in [3.8, 4) is 0 Å². The van der Waals surface area contributed by atoms with E-state index in [1.165, 1.54) is 19.1 Å². The molecular formula is C15H12F4O. The Morgan fingerprint density at radius 3 is 2.40 bits per heavy atom. The van der Waals surface area contributed by atoms with Gasteiger partial charge in [0.2, 0.25) is 0 Å². The smallest absolute Gasteiger partial charge is 0.162 e. The molecule has 0 aliphatic heterocycles. The summed E-state index contributed by atoms with van der Waals surface area (Å²) < 4.78 is 53.3. The van der Waals surface area contributed by atoms with Gasteiger partial charge in [-0.1, -0.05) is 12.1 Å². The highest BCUT2D eigenvalue weighted by atomic mass is 19.2. The predicted molar refractivity (Wildman–Crippen MR) is 66.1 cm³/mol. The molecule has 20 heavy (non-hydrogen) atoms. The first-order valence-electron chi connectivity index (χ1n) is 5.96. The van der Waals surface area contributed by atoms with Crippen LogP contribution in [0.1, 0.15) is 22.8 Å². The molecule has 0 aliphatic carbocycles. The van der Waals surface area contributed by atoms with Crippen LogP contribution >= 0.6 is 0 Å². The molecule has 1 atom stereocenters. The van der Waals surface area contributed by atoms with E-state index in [1.807, 2.05) is 0 Å². The average Bonchev–Trinajstić information content (AvgIpc) is 2.39. The molecule has 5 heteroatoms. The van der Waals surface area contributed by atoms with Crippen LogP contribution in [0.2, 0.25) is 0 Å². The van der Waals surface area contributed by atoms with Gasteiger partial charge in [-0.25, -0.2) is 17.6 Å². The molecule has 0 fully saturated rings. The van der Waals surface area contributed by atoms with E-state index >= 15 is 0 Å². The molecule has 2 rings (SSSR count). The van der Waals surface area contributed by atoms with Crippen LogP contribution in [0.15, 0.2) is 30.3 Å². The Morgan fingerprint density at radius 2 is 1.70 bits per heavy atom. The van der Waals surface area contributed by atoms with Crippen LogP contribution in [0.25, 0.3) is 0 Å². The number of halogens is 4. The molecule has 0 aliphatic rings. The lowest BCUT2D eigenvalue weighted by molar-refractivity contribution is 0.171. The van der Waals surface area contributed by atoms with Crippen molar-refractivity contribution in [1.29, 1.82) is 0 Å². The maximum Gasteiger partial charge on any atom is 0.162 e. The lowest BCUT2D eigenvalue weighted by Gasteiger charge is -2.14. The van der Waals surface area contributed by atoms with E-state index in [0.29, 0.717) is 6.07 Å². The fourth-order valence-corrected chi connectivity index (χ4v) is 1.96. The van der Waals surface area contributed by atoms with E-state index in [-0.39, 0.29) is 23.1 Å². The first kappa shape index (κ1) is 14.5. The SMILES string of the molecule is Cc1cc(C(O)Cc2cccc(F)c2F)c(F)cc1F. The van der Waals surface area contributed by atoms with Crippen molar-refractivity contribution < 1.29 is 22.7 Å². The molecule has 0 amide bonds. The quantitative estimate of drug-likeness (QED) is 0.849. The third-order valence-corrected chi connectivity index (χ3v) is 3.08. The minimum absolute atomic E-state index is 0.0705. The van der Waals surface area contributed by atoms with Crippen molar-refractivity contribution >= 4 is 0 Å². The highest BCUT2D eigenvalue weighted by Gasteiger charge is 2.18. The molecule has 1 nitrogen and oxygen atoms in total. The minimum Gasteiger partial charge on any atom is -0.388 e. The second-order valence-corrected chi connectivity index (χ2v) is 4.56. The van der Waals surface area contributed by atoms with Crippen molar-refractivity contribution in [1.82, 2.24) is 0 Å². The fourth-order valence-electron chi connectivity index (χ4n) is 1.96. The Morgan fingerprint density at radius 1 is 1.00 bits per heavy atom. The summed E-state index contributed by atoms with van der Waals surface area (Å²) in [5.41, 5.74) is -0.0494. The molecule has 106 valence electrons. The molecule has 1 N–H and O–H groups in total. The maximum atomic E-state index is 13.6. The summed E-state index contributed by atoms with van der Waals surface area (Å²) in [6.45, 7) is 1.42. The van der Waals surface area contributed by atoms with Gasteiger partial charge in [-0.3, -0.25) is 0 Å². The van der Waals surface area contributed by atoms with Gasteiger partial charge in [0, 0.05) is 18.1 Å². The number of hydrogen-bond acceptors (Lipinski definition) is 1. The van der Waals surface area contributed by atoms with E-state index < -0.39 is 29.4 Å². The molecule has 2 aromatic rings. The Balaban J connectivity index is 2.31. The van der Waals surface area contributed by atoms with Crippen LogP contribution in [0.4, 0.5) is 17.6 Å². The molecule has 0 spiro atoms. The van der Waals surface area contributed by atoms with Gasteiger partial charge in [0.15, 0.2) is 11.6 Å². The summed E-state index contributed by atoms with van der Waals surface area (Å²) >= 11 is 0. The van der Waals surface area contributed by atoms with Crippen molar-refractivity contribution in [2.24, 2.45) is 0 Å². The normalized spacial score (nSPS) is 12.5. The summed E-state index contributed by atoms with van der Waals surface area (Å²) in [5, 5.41) is 9.93. The van der Waals surface area contributed by atoms with Crippen LogP contribution < -0.4 is 0 Å². The van der Waals surface area contributed by atoms with Gasteiger partial charge < -0.3 is 5.11 Å². The zero-order chi connectivity index (χ0) is 14.9. The summed E-state index contributed by atoms with van der Waals surface area (Å²) in [4.78, 5) is 0. The molecule has 0 aromatic heterocycles. The molecule has 0 saturated carbocycles. The Labute approximate surface area is 113 Å². The van der Waals surface area contributed by atoms with E-state index in [2.05, 4.69) is 0 Å². The third-order valence-electron chi connectivity index (χ3n) is 3.08. The topological polar surface area (TPSA) is 20.2 Å². The molecule has 0 bridgehead atoms. The van der Waals surface area contributed by atoms with Crippen molar-refractivity contribution in [3.63, 3.8) is 0 Å². The molecular weight excluding hydrogens is 272 g/mol. The molecule has 2 aromatic carbocycles. The number of benzene rings is 2. The Kier molecular flexibility index (Phi) is 4.09. The maximum absolute atomic E-state index is 13.6. The Hall–Kier alpha value is -1.88. The van der Waals surface area contributed by atoms with Gasteiger partial charge in [-0.05, 0) is 30.2 Å². The third kappa shape index (κ3) is 2.82. The minimum atomic E-state index is -1.38. The molecule has 1 unspecified atom stereocenters. The highest BCUT2D eigenvalue weighted by molar-refractivity contribution is 5.29. The zero-order valence-corrected chi connectivity index (χ0v) is 10.6.